The second-order valence-corrected chi connectivity index (χ2v) is 10.2. The van der Waals surface area contributed by atoms with E-state index in [-0.39, 0.29) is 23.5 Å². The monoisotopic (exact) mass is 530 g/mol. The molecular formula is C26H22ClF3N4O3. The lowest BCUT2D eigenvalue weighted by Gasteiger charge is -2.55. The van der Waals surface area contributed by atoms with Crippen molar-refractivity contribution in [2.75, 3.05) is 26.3 Å². The second kappa shape index (κ2) is 8.59. The number of halogens is 4. The molecule has 2 saturated heterocycles. The molecule has 0 saturated carbocycles. The van der Waals surface area contributed by atoms with Crippen LogP contribution in [0.15, 0.2) is 48.5 Å². The molecule has 0 aliphatic carbocycles. The zero-order chi connectivity index (χ0) is 25.9. The number of nitrogens with zero attached hydrogens (tertiary/aromatic N) is 4. The third-order valence-electron chi connectivity index (χ3n) is 7.05. The van der Waals surface area contributed by atoms with Gasteiger partial charge in [0.1, 0.15) is 17.4 Å². The average molecular weight is 531 g/mol. The van der Waals surface area contributed by atoms with Crippen LogP contribution in [0, 0.1) is 12.3 Å². The molecule has 7 nitrogen and oxygen atoms in total. The Balaban J connectivity index is 1.44. The Morgan fingerprint density at radius 2 is 1.89 bits per heavy atom. The van der Waals surface area contributed by atoms with Crippen molar-refractivity contribution in [1.82, 2.24) is 19.7 Å². The van der Waals surface area contributed by atoms with Crippen LogP contribution in [0.5, 0.6) is 5.75 Å². The molecule has 0 radical (unpaired) electrons. The van der Waals surface area contributed by atoms with Crippen LogP contribution >= 0.6 is 11.6 Å². The minimum atomic E-state index is -4.84. The lowest BCUT2D eigenvalue weighted by atomic mass is 9.77. The molecule has 2 fully saturated rings. The summed E-state index contributed by atoms with van der Waals surface area (Å²) >= 11 is 6.11. The molecule has 37 heavy (non-hydrogen) atoms. The van der Waals surface area contributed by atoms with Gasteiger partial charge in [0, 0.05) is 36.0 Å². The van der Waals surface area contributed by atoms with Gasteiger partial charge >= 0.3 is 6.36 Å². The van der Waals surface area contributed by atoms with E-state index in [4.69, 9.17) is 16.3 Å². The fourth-order valence-electron chi connectivity index (χ4n) is 5.27. The first-order valence-electron chi connectivity index (χ1n) is 11.8. The lowest BCUT2D eigenvalue weighted by Crippen LogP contribution is -2.67. The molecule has 11 heteroatoms. The number of benzene rings is 2. The van der Waals surface area contributed by atoms with Gasteiger partial charge in [0.15, 0.2) is 0 Å². The van der Waals surface area contributed by atoms with Gasteiger partial charge in [-0.15, -0.1) is 23.4 Å². The number of aryl methyl sites for hydroxylation is 1. The van der Waals surface area contributed by atoms with Gasteiger partial charge in [0.25, 0.3) is 0 Å². The van der Waals surface area contributed by atoms with Crippen LogP contribution in [-0.2, 0) is 9.53 Å². The minimum absolute atomic E-state index is 0.0199. The molecular weight excluding hydrogens is 509 g/mol. The van der Waals surface area contributed by atoms with Crippen molar-refractivity contribution < 1.29 is 27.4 Å². The lowest BCUT2D eigenvalue weighted by molar-refractivity contribution is -0.274. The normalized spacial score (nSPS) is 19.8. The Bertz CT molecular complexity index is 1410. The second-order valence-electron chi connectivity index (χ2n) is 9.81. The van der Waals surface area contributed by atoms with Gasteiger partial charge in [0.2, 0.25) is 5.91 Å². The topological polar surface area (TPSA) is 69.5 Å². The van der Waals surface area contributed by atoms with Crippen molar-refractivity contribution in [2.24, 2.45) is 5.41 Å². The number of allylic oxidation sites excluding steroid dienone is 1. The fraction of sp³-hybridized carbons (Fsp3) is 0.346. The highest BCUT2D eigenvalue weighted by Gasteiger charge is 2.50. The number of fused-ring (bicyclic) bond motifs is 3. The van der Waals surface area contributed by atoms with Gasteiger partial charge in [-0.2, -0.15) is 0 Å². The van der Waals surface area contributed by atoms with Crippen molar-refractivity contribution in [3.8, 4) is 11.4 Å². The van der Waals surface area contributed by atoms with E-state index < -0.39 is 12.3 Å². The van der Waals surface area contributed by atoms with Crippen molar-refractivity contribution >= 4 is 23.1 Å². The number of likely N-dealkylation sites (tertiary alicyclic amines) is 1. The van der Waals surface area contributed by atoms with E-state index in [9.17, 15) is 18.0 Å². The Morgan fingerprint density at radius 3 is 2.54 bits per heavy atom. The summed E-state index contributed by atoms with van der Waals surface area (Å²) in [4.78, 5) is 15.1. The van der Waals surface area contributed by atoms with Crippen molar-refractivity contribution in [3.05, 3.63) is 76.3 Å². The molecule has 1 spiro atoms. The number of ether oxygens (including phenoxy) is 2. The molecule has 1 atom stereocenters. The molecule has 3 aromatic rings. The van der Waals surface area contributed by atoms with E-state index in [1.54, 1.807) is 41.8 Å². The van der Waals surface area contributed by atoms with E-state index in [1.165, 1.54) is 12.1 Å². The Hall–Kier alpha value is -3.37. The summed E-state index contributed by atoms with van der Waals surface area (Å²) in [6.07, 6.45) is -2.81. The first-order chi connectivity index (χ1) is 17.6. The maximum atomic E-state index is 13.3. The summed E-state index contributed by atoms with van der Waals surface area (Å²) in [6.45, 7) is 4.44. The van der Waals surface area contributed by atoms with Crippen LogP contribution < -0.4 is 4.74 Å². The van der Waals surface area contributed by atoms with E-state index in [0.717, 1.165) is 5.56 Å². The molecule has 4 heterocycles. The molecule has 0 N–H and O–H groups in total. The Kier molecular flexibility index (Phi) is 5.57. The molecule has 6 rings (SSSR count). The highest BCUT2D eigenvalue weighted by molar-refractivity contribution is 6.30. The summed E-state index contributed by atoms with van der Waals surface area (Å²) in [5, 5.41) is 9.13. The molecule has 1 amide bonds. The maximum absolute atomic E-state index is 13.3. The largest absolute Gasteiger partial charge is 0.573 e. The quantitative estimate of drug-likeness (QED) is 0.480. The van der Waals surface area contributed by atoms with Crippen molar-refractivity contribution in [3.63, 3.8) is 0 Å². The fourth-order valence-corrected chi connectivity index (χ4v) is 5.39. The first-order valence-corrected chi connectivity index (χ1v) is 12.1. The number of rotatable bonds is 4. The predicted molar refractivity (Wildman–Crippen MR) is 129 cm³/mol. The maximum Gasteiger partial charge on any atom is 0.573 e. The summed E-state index contributed by atoms with van der Waals surface area (Å²) in [5.41, 5.74) is 2.56. The molecule has 0 unspecified atom stereocenters. The number of aromatic nitrogens is 3. The van der Waals surface area contributed by atoms with E-state index in [1.807, 2.05) is 11.0 Å². The summed E-state index contributed by atoms with van der Waals surface area (Å²) in [6, 6.07) is 11.2. The first kappa shape index (κ1) is 24.0. The number of hydrogen-bond donors (Lipinski definition) is 0. The van der Waals surface area contributed by atoms with Gasteiger partial charge in [0.05, 0.1) is 24.3 Å². The van der Waals surface area contributed by atoms with E-state index in [0.29, 0.717) is 59.8 Å². The van der Waals surface area contributed by atoms with Crippen LogP contribution in [0.25, 0.3) is 11.3 Å². The Morgan fingerprint density at radius 1 is 1.16 bits per heavy atom. The van der Waals surface area contributed by atoms with Crippen molar-refractivity contribution in [2.45, 2.75) is 25.6 Å². The third-order valence-corrected chi connectivity index (χ3v) is 7.31. The van der Waals surface area contributed by atoms with Gasteiger partial charge in [-0.05, 0) is 48.4 Å². The molecule has 3 aliphatic rings. The molecule has 3 aliphatic heterocycles. The summed E-state index contributed by atoms with van der Waals surface area (Å²) in [7, 11) is 0. The van der Waals surface area contributed by atoms with Gasteiger partial charge in [-0.25, -0.2) is 0 Å². The van der Waals surface area contributed by atoms with Crippen LogP contribution in [0.4, 0.5) is 13.2 Å². The zero-order valence-electron chi connectivity index (χ0n) is 19.8. The Labute approximate surface area is 215 Å². The predicted octanol–water partition coefficient (Wildman–Crippen LogP) is 4.91. The molecule has 1 aromatic heterocycles. The van der Waals surface area contributed by atoms with Crippen LogP contribution in [-0.4, -0.2) is 58.2 Å². The number of alkyl halides is 3. The number of hydrogen-bond acceptors (Lipinski definition) is 5. The third kappa shape index (κ3) is 4.38. The van der Waals surface area contributed by atoms with E-state index in [2.05, 4.69) is 14.9 Å². The number of carbonyl (C=O) groups excluding carboxylic acids is 1. The number of carbonyl (C=O) groups is 1. The minimum Gasteiger partial charge on any atom is -0.406 e. The molecule has 2 aromatic carbocycles. The van der Waals surface area contributed by atoms with Crippen LogP contribution in [0.2, 0.25) is 5.02 Å². The highest BCUT2D eigenvalue weighted by Crippen LogP contribution is 2.42. The van der Waals surface area contributed by atoms with Crippen LogP contribution in [0.3, 0.4) is 0 Å². The van der Waals surface area contributed by atoms with Crippen LogP contribution in [0.1, 0.15) is 35.1 Å². The number of amides is 1. The molecule has 0 bridgehead atoms. The van der Waals surface area contributed by atoms with Gasteiger partial charge < -0.3 is 14.4 Å². The summed E-state index contributed by atoms with van der Waals surface area (Å²) in [5.74, 6) is 0.268. The van der Waals surface area contributed by atoms with E-state index >= 15 is 0 Å². The smallest absolute Gasteiger partial charge is 0.406 e. The zero-order valence-corrected chi connectivity index (χ0v) is 20.5. The SMILES string of the molecule is Cc1nnc2n1-c1ccc(OC(F)(F)F)cc1C(c1ccc(Cl)cc1)=C[C@H]2CC(=O)N1CC2(COC2)C1. The standard InChI is InChI=1S/C26H22ClF3N4O3/c1-15-31-32-24-17(9-23(35)33-11-25(12-33)13-36-14-25)8-20(16-2-4-18(27)5-3-16)21-10-19(37-26(28,29)30)6-7-22(21)34(15)24/h2-8,10,17H,9,11-14H2,1H3/t17-/m0/s1. The van der Waals surface area contributed by atoms with Gasteiger partial charge in [-0.3, -0.25) is 9.36 Å². The summed E-state index contributed by atoms with van der Waals surface area (Å²) < 4.78 is 50.5. The highest BCUT2D eigenvalue weighted by atomic mass is 35.5. The van der Waals surface area contributed by atoms with Gasteiger partial charge in [-0.1, -0.05) is 29.8 Å². The molecule has 192 valence electrons. The van der Waals surface area contributed by atoms with Crippen molar-refractivity contribution in [1.29, 1.82) is 0 Å². The average Bonchev–Trinajstić information content (AvgIpc) is 3.09.